The van der Waals surface area contributed by atoms with Gasteiger partial charge >= 0.3 is 24.1 Å². The first kappa shape index (κ1) is 25.8. The van der Waals surface area contributed by atoms with Crippen molar-refractivity contribution in [2.24, 2.45) is 0 Å². The quantitative estimate of drug-likeness (QED) is 0.314. The predicted octanol–water partition coefficient (Wildman–Crippen LogP) is 3.34. The molecule has 1 saturated heterocycles. The van der Waals surface area contributed by atoms with Gasteiger partial charge < -0.3 is 23.7 Å². The van der Waals surface area contributed by atoms with Gasteiger partial charge in [0, 0.05) is 25.2 Å². The second-order valence-corrected chi connectivity index (χ2v) is 7.61. The summed E-state index contributed by atoms with van der Waals surface area (Å²) in [5, 5.41) is 0. The molecule has 0 aliphatic carbocycles. The molecule has 32 heavy (non-hydrogen) atoms. The number of ether oxygens (including phenoxy) is 5. The average Bonchev–Trinajstić information content (AvgIpc) is 2.65. The minimum Gasteiger partial charge on any atom is -0.463 e. The Hall–Kier alpha value is -2.41. The van der Waals surface area contributed by atoms with Crippen LogP contribution in [0.15, 0.2) is 22.7 Å². The maximum Gasteiger partial charge on any atom is 0.420 e. The number of hydrogen-bond donors (Lipinski definition) is 0. The van der Waals surface area contributed by atoms with Crippen molar-refractivity contribution < 1.29 is 55.6 Å². The van der Waals surface area contributed by atoms with Crippen LogP contribution in [-0.2, 0) is 39.5 Å². The lowest BCUT2D eigenvalue weighted by atomic mass is 9.99. The van der Waals surface area contributed by atoms with Crippen molar-refractivity contribution in [3.05, 3.63) is 28.2 Å². The summed E-state index contributed by atoms with van der Waals surface area (Å²) in [4.78, 5) is 34.2. The Morgan fingerprint density at radius 3 is 2.16 bits per heavy atom. The van der Waals surface area contributed by atoms with E-state index >= 15 is 4.39 Å². The number of halogens is 5. The standard InChI is InChI=1S/C19H19BrF4O8/c1-8(25)28-7-14-16(29-9(2)26)17(30-10(3)27)15(21)18(32-14)31-13-5-4-11(20)6-12(13)19(22,23)24/h4-6,14-18H,7H2,1-3H3/t14-,15+,16-,17?,18+/m1/s1. The van der Waals surface area contributed by atoms with E-state index in [2.05, 4.69) is 15.9 Å². The average molecular weight is 531 g/mol. The van der Waals surface area contributed by atoms with Crippen molar-refractivity contribution in [1.82, 2.24) is 0 Å². The van der Waals surface area contributed by atoms with Crippen LogP contribution in [0.1, 0.15) is 26.3 Å². The van der Waals surface area contributed by atoms with Gasteiger partial charge in [0.15, 0.2) is 12.2 Å². The molecule has 0 N–H and O–H groups in total. The molecule has 0 aromatic heterocycles. The number of carbonyl (C=O) groups excluding carboxylic acids is 3. The highest BCUT2D eigenvalue weighted by Gasteiger charge is 2.52. The number of rotatable bonds is 6. The van der Waals surface area contributed by atoms with E-state index in [0.29, 0.717) is 0 Å². The molecule has 5 atom stereocenters. The van der Waals surface area contributed by atoms with Crippen LogP contribution in [0.2, 0.25) is 0 Å². The van der Waals surface area contributed by atoms with E-state index in [0.717, 1.165) is 32.9 Å². The summed E-state index contributed by atoms with van der Waals surface area (Å²) in [7, 11) is 0. The Balaban J connectivity index is 2.41. The van der Waals surface area contributed by atoms with Crippen LogP contribution in [0.3, 0.4) is 0 Å². The smallest absolute Gasteiger partial charge is 0.420 e. The van der Waals surface area contributed by atoms with Gasteiger partial charge in [-0.15, -0.1) is 0 Å². The zero-order chi connectivity index (χ0) is 24.2. The predicted molar refractivity (Wildman–Crippen MR) is 101 cm³/mol. The lowest BCUT2D eigenvalue weighted by molar-refractivity contribution is -0.272. The minimum atomic E-state index is -4.84. The third-order valence-electron chi connectivity index (χ3n) is 4.12. The highest BCUT2D eigenvalue weighted by molar-refractivity contribution is 9.10. The highest BCUT2D eigenvalue weighted by atomic mass is 79.9. The number of alkyl halides is 4. The number of benzene rings is 1. The second-order valence-electron chi connectivity index (χ2n) is 6.69. The summed E-state index contributed by atoms with van der Waals surface area (Å²) >= 11 is 2.92. The fraction of sp³-hybridized carbons (Fsp3) is 0.526. The third kappa shape index (κ3) is 6.79. The molecule has 13 heteroatoms. The van der Waals surface area contributed by atoms with E-state index in [-0.39, 0.29) is 4.47 Å². The van der Waals surface area contributed by atoms with E-state index in [1.54, 1.807) is 0 Å². The molecule has 0 spiro atoms. The topological polar surface area (TPSA) is 97.4 Å². The molecule has 2 rings (SSSR count). The first-order valence-electron chi connectivity index (χ1n) is 9.10. The lowest BCUT2D eigenvalue weighted by Gasteiger charge is -2.41. The molecule has 1 aromatic carbocycles. The van der Waals surface area contributed by atoms with Crippen LogP contribution in [0.4, 0.5) is 17.6 Å². The summed E-state index contributed by atoms with van der Waals surface area (Å²) in [6.45, 7) is 2.45. The van der Waals surface area contributed by atoms with Crippen LogP contribution < -0.4 is 4.74 Å². The Bertz CT molecular complexity index is 862. The van der Waals surface area contributed by atoms with Gasteiger partial charge in [0.25, 0.3) is 0 Å². The molecule has 8 nitrogen and oxygen atoms in total. The van der Waals surface area contributed by atoms with E-state index in [4.69, 9.17) is 23.7 Å². The molecule has 1 aliphatic heterocycles. The molecular formula is C19H19BrF4O8. The Morgan fingerprint density at radius 1 is 1.03 bits per heavy atom. The maximum absolute atomic E-state index is 15.2. The third-order valence-corrected chi connectivity index (χ3v) is 4.61. The zero-order valence-corrected chi connectivity index (χ0v) is 18.6. The minimum absolute atomic E-state index is 0.0963. The first-order valence-corrected chi connectivity index (χ1v) is 9.89. The number of carbonyl (C=O) groups is 3. The second kappa shape index (κ2) is 10.5. The van der Waals surface area contributed by atoms with E-state index in [1.165, 1.54) is 6.07 Å². The molecule has 1 aromatic rings. The van der Waals surface area contributed by atoms with Crippen LogP contribution in [-0.4, -0.2) is 55.3 Å². The summed E-state index contributed by atoms with van der Waals surface area (Å²) in [6, 6.07) is 2.91. The SMILES string of the molecule is CC(=O)OC[C@H]1O[C@H](Oc2ccc(Br)cc2C(F)(F)F)[C@@H](F)C(OC(C)=O)[C@@H]1OC(C)=O. The fourth-order valence-electron chi connectivity index (χ4n) is 2.91. The molecule has 178 valence electrons. The van der Waals surface area contributed by atoms with E-state index < -0.39 is 72.8 Å². The molecule has 1 heterocycles. The summed E-state index contributed by atoms with van der Waals surface area (Å²) < 4.78 is 80.8. The van der Waals surface area contributed by atoms with Gasteiger partial charge in [0.05, 0.1) is 5.56 Å². The summed E-state index contributed by atoms with van der Waals surface area (Å²) in [5.74, 6) is -3.36. The van der Waals surface area contributed by atoms with Crippen LogP contribution in [0.25, 0.3) is 0 Å². The van der Waals surface area contributed by atoms with Gasteiger partial charge in [0.2, 0.25) is 12.5 Å². The summed E-state index contributed by atoms with van der Waals surface area (Å²) in [5.41, 5.74) is -1.22. The van der Waals surface area contributed by atoms with E-state index in [1.807, 2.05) is 0 Å². The summed E-state index contributed by atoms with van der Waals surface area (Å²) in [6.07, 6.45) is -14.0. The zero-order valence-electron chi connectivity index (χ0n) is 17.0. The normalized spacial score (nSPS) is 25.6. The highest BCUT2D eigenvalue weighted by Crippen LogP contribution is 2.40. The van der Waals surface area contributed by atoms with Crippen molar-refractivity contribution in [2.45, 2.75) is 57.7 Å². The number of esters is 3. The molecule has 1 unspecified atom stereocenters. The number of hydrogen-bond acceptors (Lipinski definition) is 8. The van der Waals surface area contributed by atoms with Crippen molar-refractivity contribution in [3.63, 3.8) is 0 Å². The van der Waals surface area contributed by atoms with Gasteiger partial charge in [-0.2, -0.15) is 13.2 Å². The molecular weight excluding hydrogens is 512 g/mol. The van der Waals surface area contributed by atoms with Gasteiger partial charge in [-0.25, -0.2) is 4.39 Å². The largest absolute Gasteiger partial charge is 0.463 e. The Kier molecular flexibility index (Phi) is 8.46. The van der Waals surface area contributed by atoms with Crippen LogP contribution in [0, 0.1) is 0 Å². The lowest BCUT2D eigenvalue weighted by Crippen LogP contribution is -2.61. The fourth-order valence-corrected chi connectivity index (χ4v) is 3.27. The van der Waals surface area contributed by atoms with Crippen molar-refractivity contribution in [3.8, 4) is 5.75 Å². The van der Waals surface area contributed by atoms with Crippen molar-refractivity contribution in [2.75, 3.05) is 6.61 Å². The molecule has 0 saturated carbocycles. The molecule has 0 amide bonds. The Morgan fingerprint density at radius 2 is 1.62 bits per heavy atom. The maximum atomic E-state index is 15.2. The van der Waals surface area contributed by atoms with Gasteiger partial charge in [-0.3, -0.25) is 14.4 Å². The first-order chi connectivity index (χ1) is 14.8. The van der Waals surface area contributed by atoms with Gasteiger partial charge in [-0.1, -0.05) is 15.9 Å². The van der Waals surface area contributed by atoms with Gasteiger partial charge in [-0.05, 0) is 18.2 Å². The monoisotopic (exact) mass is 530 g/mol. The molecule has 0 bridgehead atoms. The van der Waals surface area contributed by atoms with Crippen molar-refractivity contribution >= 4 is 33.8 Å². The van der Waals surface area contributed by atoms with Crippen molar-refractivity contribution in [1.29, 1.82) is 0 Å². The van der Waals surface area contributed by atoms with Crippen LogP contribution in [0.5, 0.6) is 5.75 Å². The van der Waals surface area contributed by atoms with E-state index in [9.17, 15) is 27.6 Å². The Labute approximate surface area is 188 Å². The molecule has 1 aliphatic rings. The van der Waals surface area contributed by atoms with Gasteiger partial charge in [0.1, 0.15) is 18.5 Å². The molecule has 1 fully saturated rings. The molecule has 0 radical (unpaired) electrons. The van der Waals surface area contributed by atoms with Crippen LogP contribution >= 0.6 is 15.9 Å².